The third kappa shape index (κ3) is 7.06. The predicted octanol–water partition coefficient (Wildman–Crippen LogP) is 3.15. The second-order valence-electron chi connectivity index (χ2n) is 5.22. The number of anilines is 1. The zero-order valence-corrected chi connectivity index (χ0v) is 14.6. The average molecular weight is 399 g/mol. The van der Waals surface area contributed by atoms with Gasteiger partial charge in [-0.05, 0) is 36.4 Å². The summed E-state index contributed by atoms with van der Waals surface area (Å²) in [5.41, 5.74) is 0.209. The van der Waals surface area contributed by atoms with Gasteiger partial charge in [0.2, 0.25) is 0 Å². The zero-order valence-electron chi connectivity index (χ0n) is 14.6. The molecule has 1 amide bonds. The van der Waals surface area contributed by atoms with Crippen molar-refractivity contribution in [3.8, 4) is 17.2 Å². The summed E-state index contributed by atoms with van der Waals surface area (Å²) in [6, 6.07) is 11.2. The number of esters is 1. The summed E-state index contributed by atoms with van der Waals surface area (Å²) < 4.78 is 55.1. The fraction of sp³-hybridized carbons (Fsp3) is 0.222. The van der Waals surface area contributed by atoms with Crippen molar-refractivity contribution in [3.63, 3.8) is 0 Å². The van der Waals surface area contributed by atoms with Gasteiger partial charge in [0.25, 0.3) is 5.91 Å². The smallest absolute Gasteiger partial charge is 0.493 e. The highest BCUT2D eigenvalue weighted by Gasteiger charge is 2.30. The molecule has 28 heavy (non-hydrogen) atoms. The summed E-state index contributed by atoms with van der Waals surface area (Å²) in [5, 5.41) is 2.37. The fourth-order valence-corrected chi connectivity index (χ4v) is 2.00. The van der Waals surface area contributed by atoms with Gasteiger partial charge in [0.15, 0.2) is 24.7 Å². The van der Waals surface area contributed by atoms with Crippen LogP contribution in [-0.2, 0) is 14.3 Å². The van der Waals surface area contributed by atoms with E-state index >= 15 is 0 Å². The Morgan fingerprint density at radius 1 is 0.964 bits per heavy atom. The van der Waals surface area contributed by atoms with Gasteiger partial charge in [0.1, 0.15) is 5.75 Å². The lowest BCUT2D eigenvalue weighted by Gasteiger charge is -2.11. The lowest BCUT2D eigenvalue weighted by Crippen LogP contribution is -2.23. The number of carbonyl (C=O) groups excluding carboxylic acids is 2. The Labute approximate surface area is 158 Å². The van der Waals surface area contributed by atoms with Gasteiger partial charge in [0.05, 0.1) is 7.11 Å². The summed E-state index contributed by atoms with van der Waals surface area (Å²) in [7, 11) is 1.45. The van der Waals surface area contributed by atoms with E-state index < -0.39 is 37.2 Å². The minimum Gasteiger partial charge on any atom is -0.493 e. The average Bonchev–Trinajstić information content (AvgIpc) is 2.65. The maximum atomic E-state index is 12.1. The van der Waals surface area contributed by atoms with E-state index in [4.69, 9.17) is 14.2 Å². The number of nitrogens with one attached hydrogen (secondary N) is 1. The number of carbonyl (C=O) groups is 2. The summed E-state index contributed by atoms with van der Waals surface area (Å²) in [4.78, 5) is 23.4. The monoisotopic (exact) mass is 399 g/mol. The van der Waals surface area contributed by atoms with Gasteiger partial charge in [-0.25, -0.2) is 4.79 Å². The maximum Gasteiger partial charge on any atom is 0.573 e. The van der Waals surface area contributed by atoms with E-state index in [0.29, 0.717) is 11.5 Å². The van der Waals surface area contributed by atoms with Crippen LogP contribution in [0, 0.1) is 0 Å². The molecule has 10 heteroatoms. The maximum absolute atomic E-state index is 12.1. The predicted molar refractivity (Wildman–Crippen MR) is 91.2 cm³/mol. The summed E-state index contributed by atoms with van der Waals surface area (Å²) in [6.07, 6.45) is -4.80. The van der Waals surface area contributed by atoms with Crippen molar-refractivity contribution in [2.24, 2.45) is 0 Å². The highest BCUT2D eigenvalue weighted by Crippen LogP contribution is 2.26. The van der Waals surface area contributed by atoms with Crippen LogP contribution in [0.5, 0.6) is 17.2 Å². The third-order valence-electron chi connectivity index (χ3n) is 3.15. The molecule has 0 atom stereocenters. The number of halogens is 3. The van der Waals surface area contributed by atoms with E-state index in [2.05, 4.69) is 10.1 Å². The first-order valence-corrected chi connectivity index (χ1v) is 7.84. The lowest BCUT2D eigenvalue weighted by atomic mass is 10.3. The van der Waals surface area contributed by atoms with E-state index in [1.54, 1.807) is 24.3 Å². The Bertz CT molecular complexity index is 808. The molecule has 2 aromatic carbocycles. The number of rotatable bonds is 8. The molecule has 0 aliphatic carbocycles. The lowest BCUT2D eigenvalue weighted by molar-refractivity contribution is -0.274. The Balaban J connectivity index is 1.75. The molecule has 1 N–H and O–H groups in total. The van der Waals surface area contributed by atoms with Crippen LogP contribution in [0.3, 0.4) is 0 Å². The standard InChI is InChI=1S/C18H16F3NO6/c1-25-14-4-2-3-5-15(14)26-11-17(24)27-10-16(23)22-12-6-8-13(9-7-12)28-18(19,20)21/h2-9H,10-11H2,1H3,(H,22,23). The number of ether oxygens (including phenoxy) is 4. The molecular formula is C18H16F3NO6. The Morgan fingerprint density at radius 3 is 2.21 bits per heavy atom. The van der Waals surface area contributed by atoms with Gasteiger partial charge in [0, 0.05) is 5.69 Å². The number of methoxy groups -OCH3 is 1. The second-order valence-corrected chi connectivity index (χ2v) is 5.22. The summed E-state index contributed by atoms with van der Waals surface area (Å²) in [5.74, 6) is -1.10. The summed E-state index contributed by atoms with van der Waals surface area (Å²) >= 11 is 0. The molecular weight excluding hydrogens is 383 g/mol. The van der Waals surface area contributed by atoms with Crippen LogP contribution >= 0.6 is 0 Å². The molecule has 0 heterocycles. The van der Waals surface area contributed by atoms with Crippen LogP contribution in [0.15, 0.2) is 48.5 Å². The van der Waals surface area contributed by atoms with Crippen molar-refractivity contribution < 1.29 is 41.7 Å². The number of alkyl halides is 3. The van der Waals surface area contributed by atoms with E-state index in [0.717, 1.165) is 12.1 Å². The first-order valence-electron chi connectivity index (χ1n) is 7.84. The van der Waals surface area contributed by atoms with Crippen molar-refractivity contribution in [1.82, 2.24) is 0 Å². The zero-order chi connectivity index (χ0) is 20.6. The van der Waals surface area contributed by atoms with Crippen LogP contribution in [0.25, 0.3) is 0 Å². The van der Waals surface area contributed by atoms with E-state index in [1.165, 1.54) is 19.2 Å². The molecule has 0 fully saturated rings. The van der Waals surface area contributed by atoms with Gasteiger partial charge >= 0.3 is 12.3 Å². The fourth-order valence-electron chi connectivity index (χ4n) is 2.00. The molecule has 0 aliphatic heterocycles. The number of hydrogen-bond acceptors (Lipinski definition) is 6. The molecule has 0 aliphatic rings. The molecule has 0 aromatic heterocycles. The highest BCUT2D eigenvalue weighted by molar-refractivity contribution is 5.92. The highest BCUT2D eigenvalue weighted by atomic mass is 19.4. The molecule has 2 rings (SSSR count). The van der Waals surface area contributed by atoms with E-state index in [-0.39, 0.29) is 5.69 Å². The van der Waals surface area contributed by atoms with Crippen molar-refractivity contribution in [2.45, 2.75) is 6.36 Å². The van der Waals surface area contributed by atoms with E-state index in [1.807, 2.05) is 0 Å². The van der Waals surface area contributed by atoms with Crippen LogP contribution in [0.2, 0.25) is 0 Å². The molecule has 0 saturated carbocycles. The summed E-state index contributed by atoms with van der Waals surface area (Å²) in [6.45, 7) is -1.02. The number of para-hydroxylation sites is 2. The molecule has 0 saturated heterocycles. The number of benzene rings is 2. The minimum atomic E-state index is -4.80. The molecule has 0 radical (unpaired) electrons. The van der Waals surface area contributed by atoms with Crippen LogP contribution in [0.4, 0.5) is 18.9 Å². The molecule has 0 spiro atoms. The first-order chi connectivity index (χ1) is 13.3. The van der Waals surface area contributed by atoms with Gasteiger partial charge in [-0.2, -0.15) is 0 Å². The van der Waals surface area contributed by atoms with E-state index in [9.17, 15) is 22.8 Å². The quantitative estimate of drug-likeness (QED) is 0.687. The van der Waals surface area contributed by atoms with Gasteiger partial charge in [-0.1, -0.05) is 12.1 Å². The van der Waals surface area contributed by atoms with Crippen molar-refractivity contribution in [1.29, 1.82) is 0 Å². The van der Waals surface area contributed by atoms with Crippen molar-refractivity contribution >= 4 is 17.6 Å². The SMILES string of the molecule is COc1ccccc1OCC(=O)OCC(=O)Nc1ccc(OC(F)(F)F)cc1. The Hall–Kier alpha value is -3.43. The van der Waals surface area contributed by atoms with Crippen molar-refractivity contribution in [2.75, 3.05) is 25.6 Å². The van der Waals surface area contributed by atoms with Gasteiger partial charge < -0.3 is 24.3 Å². The third-order valence-corrected chi connectivity index (χ3v) is 3.15. The van der Waals surface area contributed by atoms with Crippen LogP contribution < -0.4 is 19.5 Å². The van der Waals surface area contributed by atoms with Crippen LogP contribution in [-0.4, -0.2) is 38.6 Å². The largest absolute Gasteiger partial charge is 0.573 e. The molecule has 7 nitrogen and oxygen atoms in total. The molecule has 0 unspecified atom stereocenters. The Morgan fingerprint density at radius 2 is 1.61 bits per heavy atom. The van der Waals surface area contributed by atoms with Gasteiger partial charge in [-0.3, -0.25) is 4.79 Å². The van der Waals surface area contributed by atoms with Gasteiger partial charge in [-0.15, -0.1) is 13.2 Å². The second kappa shape index (κ2) is 9.49. The molecule has 150 valence electrons. The number of hydrogen-bond donors (Lipinski definition) is 1. The normalized spacial score (nSPS) is 10.7. The Kier molecular flexibility index (Phi) is 7.08. The topological polar surface area (TPSA) is 83.1 Å². The van der Waals surface area contributed by atoms with Crippen LogP contribution in [0.1, 0.15) is 0 Å². The van der Waals surface area contributed by atoms with Crippen molar-refractivity contribution in [3.05, 3.63) is 48.5 Å². The molecule has 0 bridgehead atoms. The minimum absolute atomic E-state index is 0.209. The number of amides is 1. The molecule has 2 aromatic rings. The first kappa shape index (κ1) is 20.9.